The highest BCUT2D eigenvalue weighted by atomic mass is 32.1. The van der Waals surface area contributed by atoms with E-state index in [1.807, 2.05) is 0 Å². The van der Waals surface area contributed by atoms with Crippen LogP contribution in [-0.4, -0.2) is 10.2 Å². The second-order valence-corrected chi connectivity index (χ2v) is 3.21. The summed E-state index contributed by atoms with van der Waals surface area (Å²) in [5, 5.41) is 2.07. The quantitative estimate of drug-likeness (QED) is 0.451. The first-order chi connectivity index (χ1) is 3.30. The zero-order chi connectivity index (χ0) is 5.28. The first-order valence-electron chi connectivity index (χ1n) is 2.06. The molecule has 0 aliphatic carbocycles. The molecule has 0 N–H and O–H groups in total. The van der Waals surface area contributed by atoms with Gasteiger partial charge in [-0.15, -0.1) is 0 Å². The monoisotopic (exact) mass is 125 g/mol. The summed E-state index contributed by atoms with van der Waals surface area (Å²) in [6.07, 6.45) is 0. The molecule has 0 saturated carbocycles. The second kappa shape index (κ2) is 1.80. The highest BCUT2D eigenvalue weighted by Gasteiger charge is 1.87. The maximum Gasteiger partial charge on any atom is 0.0868 e. The third kappa shape index (κ3) is 0.923. The molecule has 0 unspecified atom stereocenters. The Morgan fingerprint density at radius 1 is 1.71 bits per heavy atom. The van der Waals surface area contributed by atoms with Crippen LogP contribution in [0.1, 0.15) is 5.56 Å². The minimum atomic E-state index is 1.24. The Labute approximate surface area is 50.6 Å². The first kappa shape index (κ1) is 5.06. The zero-order valence-corrected chi connectivity index (χ0v) is 5.88. The molecule has 0 saturated heterocycles. The lowest BCUT2D eigenvalue weighted by molar-refractivity contribution is 1.59. The van der Waals surface area contributed by atoms with Gasteiger partial charge in [0.2, 0.25) is 0 Å². The van der Waals surface area contributed by atoms with Gasteiger partial charge in [-0.1, -0.05) is 0 Å². The molecule has 0 spiro atoms. The summed E-state index contributed by atoms with van der Waals surface area (Å²) in [4.78, 5) is 0. The van der Waals surface area contributed by atoms with E-state index in [9.17, 15) is 0 Å². The minimum absolute atomic E-state index is 1.24. The molecule has 0 aliphatic rings. The van der Waals surface area contributed by atoms with Crippen molar-refractivity contribution in [1.82, 2.24) is 0 Å². The fraction of sp³-hybridized carbons (Fsp3) is 0.200. The molecule has 0 aromatic carbocycles. The summed E-state index contributed by atoms with van der Waals surface area (Å²) in [5.41, 5.74) is 1.32. The van der Waals surface area contributed by atoms with Gasteiger partial charge in [0.05, 0.1) is 10.2 Å². The molecule has 3 radical (unpaired) electrons. The Morgan fingerprint density at radius 3 is 2.57 bits per heavy atom. The molecule has 0 amide bonds. The zero-order valence-electron chi connectivity index (χ0n) is 4.06. The van der Waals surface area contributed by atoms with Gasteiger partial charge in [0.15, 0.2) is 0 Å². The fourth-order valence-electron chi connectivity index (χ4n) is 0.373. The normalized spacial score (nSPS) is 9.43. The van der Waals surface area contributed by atoms with E-state index in [0.717, 1.165) is 0 Å². The number of rotatable bonds is 0. The van der Waals surface area contributed by atoms with Crippen LogP contribution < -0.4 is 4.50 Å². The van der Waals surface area contributed by atoms with Gasteiger partial charge >= 0.3 is 0 Å². The van der Waals surface area contributed by atoms with Crippen LogP contribution in [-0.2, 0) is 0 Å². The van der Waals surface area contributed by atoms with E-state index < -0.39 is 0 Å². The van der Waals surface area contributed by atoms with Crippen molar-refractivity contribution in [3.8, 4) is 0 Å². The van der Waals surface area contributed by atoms with Gasteiger partial charge in [-0.2, -0.15) is 11.3 Å². The summed E-state index contributed by atoms with van der Waals surface area (Å²) in [5.74, 6) is 0. The Hall–Kier alpha value is -0.0831. The summed E-state index contributed by atoms with van der Waals surface area (Å²) < 4.78 is 1.24. The van der Waals surface area contributed by atoms with Crippen LogP contribution in [0, 0.1) is 6.92 Å². The van der Waals surface area contributed by atoms with Crippen LogP contribution in [0.15, 0.2) is 11.4 Å². The maximum absolute atomic E-state index is 3.43. The molecule has 1 heterocycles. The standard InChI is InChI=1S/C5H5SSi/c1-4-2-3-6-5(4)7/h2-3H,1H3. The van der Waals surface area contributed by atoms with E-state index in [1.165, 1.54) is 10.1 Å². The first-order valence-corrected chi connectivity index (χ1v) is 3.44. The number of hydrogen-bond acceptors (Lipinski definition) is 1. The fourth-order valence-corrected chi connectivity index (χ4v) is 1.32. The molecular formula is C5H5SSi. The molecule has 0 atom stereocenters. The summed E-state index contributed by atoms with van der Waals surface area (Å²) >= 11 is 1.72. The minimum Gasteiger partial charge on any atom is -0.154 e. The molecule has 35 valence electrons. The number of hydrogen-bond donors (Lipinski definition) is 0. The van der Waals surface area contributed by atoms with Crippen molar-refractivity contribution in [1.29, 1.82) is 0 Å². The van der Waals surface area contributed by atoms with Gasteiger partial charge in [0, 0.05) is 0 Å². The molecule has 0 fully saturated rings. The van der Waals surface area contributed by atoms with E-state index in [2.05, 4.69) is 28.6 Å². The molecule has 2 heteroatoms. The predicted molar refractivity (Wildman–Crippen MR) is 34.4 cm³/mol. The topological polar surface area (TPSA) is 0 Å². The number of aryl methyl sites for hydroxylation is 1. The van der Waals surface area contributed by atoms with Gasteiger partial charge in [-0.3, -0.25) is 0 Å². The molecule has 1 aromatic heterocycles. The van der Waals surface area contributed by atoms with Crippen molar-refractivity contribution in [3.05, 3.63) is 17.0 Å². The number of thiophene rings is 1. The van der Waals surface area contributed by atoms with E-state index in [4.69, 9.17) is 0 Å². The highest BCUT2D eigenvalue weighted by molar-refractivity contribution is 7.18. The SMILES string of the molecule is Cc1ccsc1[Si]. The van der Waals surface area contributed by atoms with Gasteiger partial charge in [-0.05, 0) is 28.4 Å². The Kier molecular flexibility index (Phi) is 1.30. The molecule has 7 heavy (non-hydrogen) atoms. The van der Waals surface area contributed by atoms with Crippen LogP contribution in [0.3, 0.4) is 0 Å². The van der Waals surface area contributed by atoms with Crippen molar-refractivity contribution in [2.45, 2.75) is 6.92 Å². The van der Waals surface area contributed by atoms with Crippen LogP contribution in [0.5, 0.6) is 0 Å². The molecular weight excluding hydrogens is 120 g/mol. The molecule has 1 rings (SSSR count). The maximum atomic E-state index is 3.43. The van der Waals surface area contributed by atoms with Crippen molar-refractivity contribution in [2.75, 3.05) is 0 Å². The van der Waals surface area contributed by atoms with E-state index in [1.54, 1.807) is 11.3 Å². The Morgan fingerprint density at radius 2 is 2.43 bits per heavy atom. The predicted octanol–water partition coefficient (Wildman–Crippen LogP) is 0.850. The smallest absolute Gasteiger partial charge is 0.0868 e. The van der Waals surface area contributed by atoms with Crippen molar-refractivity contribution >= 4 is 26.1 Å². The van der Waals surface area contributed by atoms with Gasteiger partial charge in [0.25, 0.3) is 0 Å². The van der Waals surface area contributed by atoms with Crippen LogP contribution in [0.25, 0.3) is 0 Å². The summed E-state index contributed by atoms with van der Waals surface area (Å²) in [7, 11) is 3.43. The molecule has 0 aliphatic heterocycles. The summed E-state index contributed by atoms with van der Waals surface area (Å²) in [6, 6.07) is 2.09. The van der Waals surface area contributed by atoms with E-state index in [-0.39, 0.29) is 0 Å². The Bertz CT molecular complexity index is 140. The van der Waals surface area contributed by atoms with Crippen molar-refractivity contribution in [2.24, 2.45) is 0 Å². The lowest BCUT2D eigenvalue weighted by Crippen LogP contribution is -1.96. The average molecular weight is 125 g/mol. The van der Waals surface area contributed by atoms with Gasteiger partial charge in [0.1, 0.15) is 0 Å². The molecule has 1 aromatic rings. The van der Waals surface area contributed by atoms with Crippen LogP contribution in [0.4, 0.5) is 0 Å². The van der Waals surface area contributed by atoms with Crippen molar-refractivity contribution < 1.29 is 0 Å². The third-order valence-corrected chi connectivity index (χ3v) is 2.44. The molecule has 0 bridgehead atoms. The second-order valence-electron chi connectivity index (χ2n) is 1.43. The van der Waals surface area contributed by atoms with Gasteiger partial charge in [-0.25, -0.2) is 0 Å². The Balaban J connectivity index is 3.12. The van der Waals surface area contributed by atoms with Crippen LogP contribution >= 0.6 is 11.3 Å². The lowest BCUT2D eigenvalue weighted by Gasteiger charge is -1.79. The third-order valence-electron chi connectivity index (χ3n) is 0.862. The van der Waals surface area contributed by atoms with Crippen molar-refractivity contribution in [3.63, 3.8) is 0 Å². The van der Waals surface area contributed by atoms with E-state index >= 15 is 0 Å². The lowest BCUT2D eigenvalue weighted by atomic mass is 10.4. The summed E-state index contributed by atoms with van der Waals surface area (Å²) in [6.45, 7) is 2.08. The molecule has 0 nitrogen and oxygen atoms in total. The van der Waals surface area contributed by atoms with Gasteiger partial charge < -0.3 is 0 Å². The van der Waals surface area contributed by atoms with Crippen LogP contribution in [0.2, 0.25) is 0 Å². The average Bonchev–Trinajstić information content (AvgIpc) is 1.91. The van der Waals surface area contributed by atoms with E-state index in [0.29, 0.717) is 0 Å². The highest BCUT2D eigenvalue weighted by Crippen LogP contribution is 1.97. The largest absolute Gasteiger partial charge is 0.154 e.